The van der Waals surface area contributed by atoms with Crippen LogP contribution < -0.4 is 10.1 Å². The van der Waals surface area contributed by atoms with Crippen LogP contribution in [0.1, 0.15) is 5.56 Å². The molecule has 18 heavy (non-hydrogen) atoms. The van der Waals surface area contributed by atoms with Crippen molar-refractivity contribution in [3.8, 4) is 5.75 Å². The van der Waals surface area contributed by atoms with Crippen molar-refractivity contribution in [3.05, 3.63) is 29.8 Å². The smallest absolute Gasteiger partial charge is 0.268 e. The van der Waals surface area contributed by atoms with Gasteiger partial charge in [0, 0.05) is 6.42 Å². The molecule has 2 N–H and O–H groups in total. The van der Waals surface area contributed by atoms with Crippen LogP contribution in [0.3, 0.4) is 0 Å². The minimum Gasteiger partial charge on any atom is -0.491 e. The Morgan fingerprint density at radius 1 is 1.44 bits per heavy atom. The number of carbonyl (C=O) groups is 1. The number of rotatable bonds is 5. The summed E-state index contributed by atoms with van der Waals surface area (Å²) in [6, 6.07) is 7.32. The van der Waals surface area contributed by atoms with E-state index in [9.17, 15) is 4.79 Å². The molecule has 5 nitrogen and oxygen atoms in total. The second-order valence-corrected chi connectivity index (χ2v) is 4.14. The first-order valence-electron chi connectivity index (χ1n) is 5.53. The molecule has 1 heterocycles. The monoisotopic (exact) mass is 267 g/mol. The van der Waals surface area contributed by atoms with Crippen LogP contribution in [-0.2, 0) is 16.0 Å². The maximum atomic E-state index is 11.5. The highest BCUT2D eigenvalue weighted by molar-refractivity contribution is 7.80. The Bertz CT molecular complexity index is 463. The first kappa shape index (κ1) is 12.8. The SMILES string of the molecule is O=C1NC(=S)OC1Cc1ccccc1OCCO. The summed E-state index contributed by atoms with van der Waals surface area (Å²) < 4.78 is 10.6. The molecule has 0 aliphatic carbocycles. The predicted octanol–water partition coefficient (Wildman–Crippen LogP) is 0.400. The summed E-state index contributed by atoms with van der Waals surface area (Å²) >= 11 is 4.77. The van der Waals surface area contributed by atoms with Crippen LogP contribution >= 0.6 is 12.2 Å². The lowest BCUT2D eigenvalue weighted by molar-refractivity contribution is -0.123. The normalized spacial score (nSPS) is 18.4. The molecule has 1 aromatic rings. The summed E-state index contributed by atoms with van der Waals surface area (Å²) in [6.45, 7) is 0.159. The lowest BCUT2D eigenvalue weighted by Crippen LogP contribution is -2.26. The number of aliphatic hydroxyl groups excluding tert-OH is 1. The number of hydrogen-bond acceptors (Lipinski definition) is 5. The van der Waals surface area contributed by atoms with Crippen molar-refractivity contribution < 1.29 is 19.4 Å². The van der Waals surface area contributed by atoms with E-state index in [2.05, 4.69) is 5.32 Å². The number of para-hydroxylation sites is 1. The average Bonchev–Trinajstić information content (AvgIpc) is 2.67. The molecule has 1 fully saturated rings. The first-order valence-corrected chi connectivity index (χ1v) is 5.94. The highest BCUT2D eigenvalue weighted by Crippen LogP contribution is 2.21. The molecule has 0 spiro atoms. The summed E-state index contributed by atoms with van der Waals surface area (Å²) in [5.74, 6) is 0.401. The lowest BCUT2D eigenvalue weighted by atomic mass is 10.1. The summed E-state index contributed by atoms with van der Waals surface area (Å²) in [4.78, 5) is 11.5. The molecule has 0 saturated carbocycles. The zero-order valence-corrected chi connectivity index (χ0v) is 10.4. The number of aliphatic hydroxyl groups is 1. The lowest BCUT2D eigenvalue weighted by Gasteiger charge is -2.12. The van der Waals surface area contributed by atoms with E-state index >= 15 is 0 Å². The molecule has 1 unspecified atom stereocenters. The van der Waals surface area contributed by atoms with Crippen LogP contribution in [0.4, 0.5) is 0 Å². The van der Waals surface area contributed by atoms with Gasteiger partial charge in [0.05, 0.1) is 6.61 Å². The Labute approximate surface area is 110 Å². The number of ether oxygens (including phenoxy) is 2. The fourth-order valence-corrected chi connectivity index (χ4v) is 1.91. The highest BCUT2D eigenvalue weighted by Gasteiger charge is 2.30. The van der Waals surface area contributed by atoms with Crippen molar-refractivity contribution in [2.75, 3.05) is 13.2 Å². The largest absolute Gasteiger partial charge is 0.491 e. The number of thiocarbonyl (C=S) groups is 1. The van der Waals surface area contributed by atoms with Crippen molar-refractivity contribution in [3.63, 3.8) is 0 Å². The quantitative estimate of drug-likeness (QED) is 0.756. The van der Waals surface area contributed by atoms with Crippen molar-refractivity contribution in [2.24, 2.45) is 0 Å². The number of benzene rings is 1. The zero-order valence-electron chi connectivity index (χ0n) is 9.59. The molecule has 1 amide bonds. The van der Waals surface area contributed by atoms with E-state index in [1.807, 2.05) is 18.2 Å². The van der Waals surface area contributed by atoms with Crippen molar-refractivity contribution >= 4 is 23.3 Å². The second kappa shape index (κ2) is 5.79. The van der Waals surface area contributed by atoms with Gasteiger partial charge in [-0.3, -0.25) is 10.1 Å². The Hall–Kier alpha value is -1.66. The Morgan fingerprint density at radius 3 is 2.89 bits per heavy atom. The van der Waals surface area contributed by atoms with Gasteiger partial charge in [-0.2, -0.15) is 0 Å². The van der Waals surface area contributed by atoms with E-state index in [1.54, 1.807) is 6.07 Å². The molecule has 1 aliphatic rings. The third-order valence-corrected chi connectivity index (χ3v) is 2.69. The van der Waals surface area contributed by atoms with Crippen LogP contribution in [0.5, 0.6) is 5.75 Å². The van der Waals surface area contributed by atoms with Gasteiger partial charge in [-0.25, -0.2) is 0 Å². The summed E-state index contributed by atoms with van der Waals surface area (Å²) in [5.41, 5.74) is 0.843. The van der Waals surface area contributed by atoms with E-state index in [4.69, 9.17) is 26.8 Å². The number of carbonyl (C=O) groups excluding carboxylic acids is 1. The maximum Gasteiger partial charge on any atom is 0.268 e. The topological polar surface area (TPSA) is 67.8 Å². The third-order valence-electron chi connectivity index (χ3n) is 2.49. The molecule has 96 valence electrons. The molecule has 0 radical (unpaired) electrons. The number of hydrogen-bond donors (Lipinski definition) is 2. The van der Waals surface area contributed by atoms with Gasteiger partial charge >= 0.3 is 0 Å². The summed E-state index contributed by atoms with van der Waals surface area (Å²) in [5, 5.41) is 11.3. The Kier molecular flexibility index (Phi) is 4.11. The van der Waals surface area contributed by atoms with Crippen molar-refractivity contribution in [2.45, 2.75) is 12.5 Å². The second-order valence-electron chi connectivity index (χ2n) is 3.77. The van der Waals surface area contributed by atoms with Gasteiger partial charge in [0.1, 0.15) is 12.4 Å². The van der Waals surface area contributed by atoms with Crippen LogP contribution in [0.25, 0.3) is 0 Å². The first-order chi connectivity index (χ1) is 8.70. The van der Waals surface area contributed by atoms with Gasteiger partial charge in [0.25, 0.3) is 11.1 Å². The molecule has 6 heteroatoms. The van der Waals surface area contributed by atoms with E-state index in [0.717, 1.165) is 5.56 Å². The standard InChI is InChI=1S/C12H13NO4S/c14-5-6-16-9-4-2-1-3-8(9)7-10-11(15)13-12(18)17-10/h1-4,10,14H,5-7H2,(H,13,15,18). The Morgan fingerprint density at radius 2 is 2.22 bits per heavy atom. The van der Waals surface area contributed by atoms with Crippen molar-refractivity contribution in [1.29, 1.82) is 0 Å². The van der Waals surface area contributed by atoms with Gasteiger partial charge in [0.15, 0.2) is 6.10 Å². The molecular weight excluding hydrogens is 254 g/mol. The van der Waals surface area contributed by atoms with Crippen molar-refractivity contribution in [1.82, 2.24) is 5.32 Å². The number of nitrogens with one attached hydrogen (secondary N) is 1. The van der Waals surface area contributed by atoms with E-state index < -0.39 is 6.10 Å². The molecule has 1 atom stereocenters. The third kappa shape index (κ3) is 2.96. The number of amides is 1. The zero-order chi connectivity index (χ0) is 13.0. The maximum absolute atomic E-state index is 11.5. The van der Waals surface area contributed by atoms with Crippen LogP contribution in [0.2, 0.25) is 0 Å². The van der Waals surface area contributed by atoms with Crippen LogP contribution in [-0.4, -0.2) is 35.5 Å². The minimum atomic E-state index is -0.614. The summed E-state index contributed by atoms with van der Waals surface area (Å²) in [6.07, 6.45) is -0.232. The molecule has 0 bridgehead atoms. The molecule has 1 aliphatic heterocycles. The molecule has 2 rings (SSSR count). The van der Waals surface area contributed by atoms with E-state index in [0.29, 0.717) is 12.2 Å². The molecule has 0 aromatic heterocycles. The Balaban J connectivity index is 2.08. The molecular formula is C12H13NO4S. The predicted molar refractivity (Wildman–Crippen MR) is 68.3 cm³/mol. The summed E-state index contributed by atoms with van der Waals surface area (Å²) in [7, 11) is 0. The van der Waals surface area contributed by atoms with Gasteiger partial charge in [-0.1, -0.05) is 18.2 Å². The van der Waals surface area contributed by atoms with E-state index in [-0.39, 0.29) is 24.3 Å². The molecule has 1 saturated heterocycles. The van der Waals surface area contributed by atoms with Crippen LogP contribution in [0.15, 0.2) is 24.3 Å². The van der Waals surface area contributed by atoms with E-state index in [1.165, 1.54) is 0 Å². The fourth-order valence-electron chi connectivity index (χ4n) is 1.70. The van der Waals surface area contributed by atoms with Gasteiger partial charge < -0.3 is 14.6 Å². The van der Waals surface area contributed by atoms with Gasteiger partial charge in [-0.15, -0.1) is 0 Å². The minimum absolute atomic E-state index is 0.0567. The van der Waals surface area contributed by atoms with Crippen LogP contribution in [0, 0.1) is 0 Å². The van der Waals surface area contributed by atoms with Gasteiger partial charge in [0.2, 0.25) is 0 Å². The average molecular weight is 267 g/mol. The fraction of sp³-hybridized carbons (Fsp3) is 0.333. The highest BCUT2D eigenvalue weighted by atomic mass is 32.1. The van der Waals surface area contributed by atoms with Gasteiger partial charge in [-0.05, 0) is 23.8 Å². The molecule has 1 aromatic carbocycles.